The van der Waals surface area contributed by atoms with Gasteiger partial charge in [-0.15, -0.1) is 0 Å². The average Bonchev–Trinajstić information content (AvgIpc) is 2.65. The minimum Gasteiger partial charge on any atom is -0.287 e. The molecule has 1 heterocycles. The first-order chi connectivity index (χ1) is 13.7. The summed E-state index contributed by atoms with van der Waals surface area (Å²) in [7, 11) is 0. The van der Waals surface area contributed by atoms with Crippen molar-refractivity contribution < 1.29 is 13.6 Å². The van der Waals surface area contributed by atoms with Gasteiger partial charge in [0.2, 0.25) is 5.78 Å². The highest BCUT2D eigenvalue weighted by molar-refractivity contribution is 6.09. The second-order valence-electron chi connectivity index (χ2n) is 6.97. The standard InChI is InChI=1S/C22H20F2N2O3/c1-4-17-19(20(27)14-8-12(2)7-13(3)9-14)26(22(29)25-21(17)28)11-15-10-16(23)5-6-18(15)24/h5-10H,4,11H2,1-3H3,(H,25,28,29). The summed E-state index contributed by atoms with van der Waals surface area (Å²) in [5, 5.41) is 0. The molecule has 5 nitrogen and oxygen atoms in total. The van der Waals surface area contributed by atoms with E-state index in [4.69, 9.17) is 0 Å². The Labute approximate surface area is 165 Å². The van der Waals surface area contributed by atoms with Gasteiger partial charge >= 0.3 is 5.69 Å². The molecule has 2 aromatic carbocycles. The van der Waals surface area contributed by atoms with Crippen LogP contribution in [0.2, 0.25) is 0 Å². The van der Waals surface area contributed by atoms with E-state index in [2.05, 4.69) is 4.98 Å². The van der Waals surface area contributed by atoms with Crippen LogP contribution in [0.15, 0.2) is 46.0 Å². The second-order valence-corrected chi connectivity index (χ2v) is 6.97. The van der Waals surface area contributed by atoms with E-state index >= 15 is 0 Å². The number of carbonyl (C=O) groups is 1. The molecule has 0 unspecified atom stereocenters. The Kier molecular flexibility index (Phi) is 5.59. The van der Waals surface area contributed by atoms with Crippen LogP contribution in [0.25, 0.3) is 0 Å². The normalized spacial score (nSPS) is 10.9. The van der Waals surface area contributed by atoms with Crippen LogP contribution < -0.4 is 11.2 Å². The summed E-state index contributed by atoms with van der Waals surface area (Å²) in [6.07, 6.45) is 0.188. The fourth-order valence-electron chi connectivity index (χ4n) is 3.43. The average molecular weight is 398 g/mol. The number of aromatic amines is 1. The zero-order valence-corrected chi connectivity index (χ0v) is 16.3. The number of nitrogens with zero attached hydrogens (tertiary/aromatic N) is 1. The first kappa shape index (κ1) is 20.4. The predicted molar refractivity (Wildman–Crippen MR) is 106 cm³/mol. The number of halogens is 2. The van der Waals surface area contributed by atoms with Gasteiger partial charge in [-0.2, -0.15) is 0 Å². The largest absolute Gasteiger partial charge is 0.329 e. The predicted octanol–water partition coefficient (Wildman–Crippen LogP) is 3.27. The number of hydrogen-bond acceptors (Lipinski definition) is 3. The summed E-state index contributed by atoms with van der Waals surface area (Å²) >= 11 is 0. The molecule has 0 amide bonds. The zero-order valence-electron chi connectivity index (χ0n) is 16.3. The van der Waals surface area contributed by atoms with Crippen LogP contribution in [0.3, 0.4) is 0 Å². The SMILES string of the molecule is CCc1c(C(=O)c2cc(C)cc(C)c2)n(Cc2cc(F)ccc2F)c(=O)[nH]c1=O. The molecule has 0 spiro atoms. The summed E-state index contributed by atoms with van der Waals surface area (Å²) < 4.78 is 28.8. The van der Waals surface area contributed by atoms with Gasteiger partial charge in [0.05, 0.1) is 6.54 Å². The maximum Gasteiger partial charge on any atom is 0.329 e. The van der Waals surface area contributed by atoms with Crippen LogP contribution in [-0.4, -0.2) is 15.3 Å². The fraction of sp³-hybridized carbons (Fsp3) is 0.227. The molecule has 0 bridgehead atoms. The topological polar surface area (TPSA) is 71.9 Å². The maximum atomic E-state index is 14.2. The molecule has 150 valence electrons. The molecular weight excluding hydrogens is 378 g/mol. The van der Waals surface area contributed by atoms with Crippen LogP contribution in [0.5, 0.6) is 0 Å². The smallest absolute Gasteiger partial charge is 0.287 e. The molecule has 3 rings (SSSR count). The lowest BCUT2D eigenvalue weighted by atomic mass is 9.99. The van der Waals surface area contributed by atoms with Crippen LogP contribution in [0.4, 0.5) is 8.78 Å². The van der Waals surface area contributed by atoms with E-state index in [1.165, 1.54) is 0 Å². The summed E-state index contributed by atoms with van der Waals surface area (Å²) in [5.74, 6) is -1.90. The van der Waals surface area contributed by atoms with Gasteiger partial charge < -0.3 is 0 Å². The molecule has 1 N–H and O–H groups in total. The molecule has 3 aromatic rings. The second kappa shape index (κ2) is 7.95. The first-order valence-corrected chi connectivity index (χ1v) is 9.14. The van der Waals surface area contributed by atoms with Crippen molar-refractivity contribution in [1.29, 1.82) is 0 Å². The molecule has 0 atom stereocenters. The van der Waals surface area contributed by atoms with Crippen LogP contribution >= 0.6 is 0 Å². The van der Waals surface area contributed by atoms with Crippen molar-refractivity contribution in [3.63, 3.8) is 0 Å². The first-order valence-electron chi connectivity index (χ1n) is 9.14. The van der Waals surface area contributed by atoms with Crippen molar-refractivity contribution in [3.8, 4) is 0 Å². The van der Waals surface area contributed by atoms with E-state index in [0.717, 1.165) is 33.9 Å². The highest BCUT2D eigenvalue weighted by atomic mass is 19.1. The summed E-state index contributed by atoms with van der Waals surface area (Å²) in [6.45, 7) is 4.95. The number of benzene rings is 2. The summed E-state index contributed by atoms with van der Waals surface area (Å²) in [5.41, 5.74) is 0.388. The van der Waals surface area contributed by atoms with Crippen molar-refractivity contribution in [2.75, 3.05) is 0 Å². The molecule has 0 saturated carbocycles. The molecule has 1 aromatic heterocycles. The Morgan fingerprint density at radius 1 is 1.03 bits per heavy atom. The third kappa shape index (κ3) is 4.08. The van der Waals surface area contributed by atoms with E-state index in [1.807, 2.05) is 19.9 Å². The molecule has 0 saturated heterocycles. The molecule has 0 aliphatic carbocycles. The van der Waals surface area contributed by atoms with Gasteiger partial charge in [-0.1, -0.05) is 24.1 Å². The summed E-state index contributed by atoms with van der Waals surface area (Å²) in [4.78, 5) is 40.4. The third-order valence-electron chi connectivity index (χ3n) is 4.68. The van der Waals surface area contributed by atoms with Crippen LogP contribution in [0, 0.1) is 25.5 Å². The van der Waals surface area contributed by atoms with Gasteiger partial charge in [0.25, 0.3) is 5.56 Å². The van der Waals surface area contributed by atoms with Gasteiger partial charge in [-0.25, -0.2) is 13.6 Å². The molecule has 0 fully saturated rings. The highest BCUT2D eigenvalue weighted by Gasteiger charge is 2.23. The number of rotatable bonds is 5. The maximum absolute atomic E-state index is 14.2. The van der Waals surface area contributed by atoms with Crippen molar-refractivity contribution in [2.24, 2.45) is 0 Å². The minimum absolute atomic E-state index is 0.101. The van der Waals surface area contributed by atoms with Crippen molar-refractivity contribution >= 4 is 5.78 Å². The Bertz CT molecular complexity index is 1210. The number of hydrogen-bond donors (Lipinski definition) is 1. The Morgan fingerprint density at radius 2 is 1.69 bits per heavy atom. The van der Waals surface area contributed by atoms with Gasteiger partial charge in [-0.05, 0) is 50.6 Å². The lowest BCUT2D eigenvalue weighted by molar-refractivity contribution is 0.102. The zero-order chi connectivity index (χ0) is 21.3. The van der Waals surface area contributed by atoms with Gasteiger partial charge in [-0.3, -0.25) is 19.1 Å². The quantitative estimate of drug-likeness (QED) is 0.671. The number of nitrogens with one attached hydrogen (secondary N) is 1. The fourth-order valence-corrected chi connectivity index (χ4v) is 3.43. The van der Waals surface area contributed by atoms with E-state index < -0.39 is 35.2 Å². The number of aryl methyl sites for hydroxylation is 2. The third-order valence-corrected chi connectivity index (χ3v) is 4.68. The lowest BCUT2D eigenvalue weighted by Crippen LogP contribution is -2.37. The van der Waals surface area contributed by atoms with Gasteiger partial charge in [0.1, 0.15) is 17.3 Å². The number of aromatic nitrogens is 2. The van der Waals surface area contributed by atoms with Crippen LogP contribution in [-0.2, 0) is 13.0 Å². The molecule has 0 aliphatic heterocycles. The van der Waals surface area contributed by atoms with Gasteiger partial charge in [0.15, 0.2) is 0 Å². The van der Waals surface area contributed by atoms with E-state index in [-0.39, 0.29) is 23.2 Å². The lowest BCUT2D eigenvalue weighted by Gasteiger charge is -2.16. The highest BCUT2D eigenvalue weighted by Crippen LogP contribution is 2.18. The van der Waals surface area contributed by atoms with E-state index in [1.54, 1.807) is 19.1 Å². The van der Waals surface area contributed by atoms with E-state index in [0.29, 0.717) is 5.56 Å². The van der Waals surface area contributed by atoms with Crippen molar-refractivity contribution in [1.82, 2.24) is 9.55 Å². The number of H-pyrrole nitrogens is 1. The Morgan fingerprint density at radius 3 is 2.31 bits per heavy atom. The molecule has 0 radical (unpaired) electrons. The van der Waals surface area contributed by atoms with Crippen molar-refractivity contribution in [2.45, 2.75) is 33.7 Å². The molecule has 7 heteroatoms. The van der Waals surface area contributed by atoms with Gasteiger partial charge in [0, 0.05) is 16.7 Å². The monoisotopic (exact) mass is 398 g/mol. The summed E-state index contributed by atoms with van der Waals surface area (Å²) in [6, 6.07) is 8.09. The Balaban J connectivity index is 2.26. The Hall–Kier alpha value is -3.35. The number of ketones is 1. The number of carbonyl (C=O) groups excluding carboxylic acids is 1. The van der Waals surface area contributed by atoms with Crippen molar-refractivity contribution in [3.05, 3.63) is 102 Å². The molecule has 0 aliphatic rings. The molecule has 29 heavy (non-hydrogen) atoms. The molecular formula is C22H20F2N2O3. The van der Waals surface area contributed by atoms with Crippen LogP contribution in [0.1, 0.15) is 45.2 Å². The van der Waals surface area contributed by atoms with E-state index in [9.17, 15) is 23.2 Å². The minimum atomic E-state index is -0.858.